The van der Waals surface area contributed by atoms with Crippen LogP contribution in [0.15, 0.2) is 0 Å². The summed E-state index contributed by atoms with van der Waals surface area (Å²) in [6.07, 6.45) is 1.50. The molecular formula is C4H8BLiN2O9. The summed E-state index contributed by atoms with van der Waals surface area (Å²) in [7, 11) is -2.17. The van der Waals surface area contributed by atoms with Crippen LogP contribution in [0.5, 0.6) is 0 Å². The molecule has 0 aliphatic carbocycles. The summed E-state index contributed by atoms with van der Waals surface area (Å²) in [6, 6.07) is 0. The average Bonchev–Trinajstić information content (AvgIpc) is 2.05. The normalized spacial score (nSPS) is 5.12. The van der Waals surface area contributed by atoms with Crippen molar-refractivity contribution in [1.29, 1.82) is 10.8 Å². The van der Waals surface area contributed by atoms with Crippen molar-refractivity contribution in [1.82, 2.24) is 0 Å². The second-order valence-corrected chi connectivity index (χ2v) is 1.16. The number of carboxylic acids is 2. The van der Waals surface area contributed by atoms with Crippen LogP contribution in [0.4, 0.5) is 0 Å². The Balaban J connectivity index is -0.0000000269. The van der Waals surface area contributed by atoms with Crippen LogP contribution in [0.2, 0.25) is 0 Å². The zero-order valence-electron chi connectivity index (χ0n) is 9.45. The van der Waals surface area contributed by atoms with Crippen LogP contribution in [-0.2, 0) is 19.2 Å². The first-order valence-electron chi connectivity index (χ1n) is 2.79. The summed E-state index contributed by atoms with van der Waals surface area (Å²) in [5.41, 5.74) is 0. The molecule has 92 valence electrons. The molecule has 0 bridgehead atoms. The number of nitrogens with one attached hydrogen (secondary N) is 2. The molecule has 0 spiro atoms. The van der Waals surface area contributed by atoms with Crippen molar-refractivity contribution < 1.29 is 64.8 Å². The maximum Gasteiger partial charge on any atom is 1.00 e. The Morgan fingerprint density at radius 2 is 1.00 bits per heavy atom. The van der Waals surface area contributed by atoms with Gasteiger partial charge < -0.3 is 26.7 Å². The number of isocyanates is 2. The summed E-state index contributed by atoms with van der Waals surface area (Å²) < 4.78 is 0. The molecule has 0 heterocycles. The molecule has 17 heavy (non-hydrogen) atoms. The zero-order valence-corrected chi connectivity index (χ0v) is 8.45. The van der Waals surface area contributed by atoms with E-state index in [0.717, 1.165) is 12.2 Å². The predicted molar refractivity (Wildman–Crippen MR) is 45.6 cm³/mol. The third-order valence-electron chi connectivity index (χ3n) is 0.183. The van der Waals surface area contributed by atoms with Crippen LogP contribution in [-0.4, -0.2) is 56.7 Å². The van der Waals surface area contributed by atoms with Crippen LogP contribution in [0.1, 0.15) is 1.43 Å². The van der Waals surface area contributed by atoms with E-state index in [1.165, 1.54) is 0 Å². The first-order chi connectivity index (χ1) is 7.20. The van der Waals surface area contributed by atoms with E-state index in [2.05, 4.69) is 0 Å². The third kappa shape index (κ3) is 425. The van der Waals surface area contributed by atoms with Crippen molar-refractivity contribution in [3.05, 3.63) is 0 Å². The molecular weight excluding hydrogens is 238 g/mol. The first-order valence-corrected chi connectivity index (χ1v) is 2.79. The minimum Gasteiger partial charge on any atom is -1.00 e. The SMILES string of the molecule is N=C=O.N=C=O.O=C(O)C(=O)O.OB(O)O.[H-].[Li+]. The molecule has 0 aromatic rings. The summed E-state index contributed by atoms with van der Waals surface area (Å²) in [4.78, 5) is 34.9. The second kappa shape index (κ2) is 29.2. The molecule has 11 nitrogen and oxygen atoms in total. The fourth-order valence-corrected chi connectivity index (χ4v) is 0. The monoisotopic (exact) mass is 246 g/mol. The Morgan fingerprint density at radius 1 is 0.941 bits per heavy atom. The molecule has 0 atom stereocenters. The van der Waals surface area contributed by atoms with Crippen LogP contribution in [0.3, 0.4) is 0 Å². The molecule has 0 saturated carbocycles. The van der Waals surface area contributed by atoms with E-state index < -0.39 is 19.3 Å². The number of hydrogen-bond donors (Lipinski definition) is 7. The van der Waals surface area contributed by atoms with E-state index in [9.17, 15) is 0 Å². The Bertz CT molecular complexity index is 237. The van der Waals surface area contributed by atoms with Crippen molar-refractivity contribution in [3.63, 3.8) is 0 Å². The summed E-state index contributed by atoms with van der Waals surface area (Å²) in [5, 5.41) is 47.1. The molecule has 0 unspecified atom stereocenters. The summed E-state index contributed by atoms with van der Waals surface area (Å²) in [6.45, 7) is 0. The van der Waals surface area contributed by atoms with Gasteiger partial charge in [-0.1, -0.05) is 0 Å². The molecule has 0 saturated heterocycles. The number of rotatable bonds is 0. The molecule has 0 aliphatic rings. The fourth-order valence-electron chi connectivity index (χ4n) is 0. The van der Waals surface area contributed by atoms with Gasteiger partial charge in [0.15, 0.2) is 0 Å². The van der Waals surface area contributed by atoms with Gasteiger partial charge in [0.25, 0.3) is 0 Å². The molecule has 0 aliphatic heterocycles. The van der Waals surface area contributed by atoms with Gasteiger partial charge in [0, 0.05) is 0 Å². The van der Waals surface area contributed by atoms with Gasteiger partial charge in [-0.2, -0.15) is 0 Å². The van der Waals surface area contributed by atoms with Gasteiger partial charge in [-0.25, -0.2) is 30.0 Å². The molecule has 0 fully saturated rings. The van der Waals surface area contributed by atoms with Crippen LogP contribution in [0, 0.1) is 10.8 Å². The van der Waals surface area contributed by atoms with Crippen molar-refractivity contribution in [2.24, 2.45) is 0 Å². The molecule has 0 amide bonds. The zero-order chi connectivity index (χ0) is 14.1. The van der Waals surface area contributed by atoms with Gasteiger partial charge in [-0.05, 0) is 0 Å². The number of carboxylic acid groups (broad SMARTS) is 2. The summed E-state index contributed by atoms with van der Waals surface area (Å²) in [5.74, 6) is -3.65. The van der Waals surface area contributed by atoms with Crippen LogP contribution in [0.25, 0.3) is 0 Å². The number of aliphatic carboxylic acids is 2. The van der Waals surface area contributed by atoms with Gasteiger partial charge in [-0.15, -0.1) is 0 Å². The Morgan fingerprint density at radius 3 is 1.00 bits per heavy atom. The Kier molecular flexibility index (Phi) is 50.7. The Labute approximate surface area is 108 Å². The smallest absolute Gasteiger partial charge is 1.00 e. The Hall–Kier alpha value is -1.76. The van der Waals surface area contributed by atoms with E-state index in [-0.39, 0.29) is 20.3 Å². The third-order valence-corrected chi connectivity index (χ3v) is 0.183. The van der Waals surface area contributed by atoms with Crippen molar-refractivity contribution in [2.75, 3.05) is 0 Å². The maximum atomic E-state index is 9.10. The van der Waals surface area contributed by atoms with Gasteiger partial charge in [0.1, 0.15) is 0 Å². The van der Waals surface area contributed by atoms with E-state index in [0.29, 0.717) is 0 Å². The molecule has 7 N–H and O–H groups in total. The quantitative estimate of drug-likeness (QED) is 0.0933. The van der Waals surface area contributed by atoms with Crippen LogP contribution < -0.4 is 18.9 Å². The van der Waals surface area contributed by atoms with E-state index in [4.69, 9.17) is 55.3 Å². The van der Waals surface area contributed by atoms with Gasteiger partial charge >= 0.3 is 38.1 Å². The maximum absolute atomic E-state index is 9.10. The van der Waals surface area contributed by atoms with Crippen LogP contribution >= 0.6 is 0 Å². The molecule has 13 heteroatoms. The second-order valence-electron chi connectivity index (χ2n) is 1.16. The van der Waals surface area contributed by atoms with E-state index in [1.54, 1.807) is 0 Å². The predicted octanol–water partition coefficient (Wildman–Crippen LogP) is -5.98. The number of carbonyl (C=O) groups excluding carboxylic acids is 2. The molecule has 0 rings (SSSR count). The van der Waals surface area contributed by atoms with Crippen molar-refractivity contribution in [3.8, 4) is 0 Å². The minimum atomic E-state index is -2.17. The molecule has 0 radical (unpaired) electrons. The van der Waals surface area contributed by atoms with Gasteiger partial charge in [-0.3, -0.25) is 0 Å². The first kappa shape index (κ1) is 29.5. The van der Waals surface area contributed by atoms with Gasteiger partial charge in [0.05, 0.1) is 0 Å². The number of hydrogen-bond acceptors (Lipinski definition) is 9. The molecule has 0 aromatic heterocycles. The minimum absolute atomic E-state index is 0. The van der Waals surface area contributed by atoms with Crippen molar-refractivity contribution in [2.45, 2.75) is 0 Å². The van der Waals surface area contributed by atoms with E-state index >= 15 is 0 Å². The van der Waals surface area contributed by atoms with Crippen molar-refractivity contribution >= 4 is 31.4 Å². The molecule has 0 aromatic carbocycles. The summed E-state index contributed by atoms with van der Waals surface area (Å²) >= 11 is 0. The standard InChI is InChI=1S/C2H2O4.2CHNO.BH3O3.Li.H/c3-1(4)2(5)6;2*2-1-3;2-1(3)4;;/h(H,3,4)(H,5,6);2*2H;2-4H;;/q;;;;+1;-1. The fraction of sp³-hybridized carbons (Fsp3) is 0. The average molecular weight is 246 g/mol. The van der Waals surface area contributed by atoms with Gasteiger partial charge in [0.2, 0.25) is 12.2 Å². The van der Waals surface area contributed by atoms with E-state index in [1.807, 2.05) is 0 Å². The number of carbonyl (C=O) groups is 2. The topological polar surface area (TPSA) is 217 Å². The largest absolute Gasteiger partial charge is 1.00 e.